The molecular formula is C22H20S. The average Bonchev–Trinajstić information content (AvgIpc) is 2.59. The van der Waals surface area contributed by atoms with Crippen LogP contribution in [-0.4, -0.2) is 0 Å². The molecule has 3 rings (SSSR count). The fourth-order valence-electron chi connectivity index (χ4n) is 2.40. The Morgan fingerprint density at radius 3 is 2.04 bits per heavy atom. The number of allylic oxidation sites excluding steroid dienone is 1. The van der Waals surface area contributed by atoms with Crippen molar-refractivity contribution in [2.75, 3.05) is 0 Å². The number of hydrogen-bond donors (Lipinski definition) is 0. The zero-order valence-corrected chi connectivity index (χ0v) is 14.1. The number of benzene rings is 3. The molecule has 0 saturated heterocycles. The number of hydrogen-bond acceptors (Lipinski definition) is 1. The first-order valence-corrected chi connectivity index (χ1v) is 8.65. The molecule has 0 unspecified atom stereocenters. The van der Waals surface area contributed by atoms with Gasteiger partial charge in [0.15, 0.2) is 0 Å². The molecule has 0 fully saturated rings. The van der Waals surface area contributed by atoms with Gasteiger partial charge in [0.05, 0.1) is 0 Å². The lowest BCUT2D eigenvalue weighted by Gasteiger charge is -2.09. The Labute approximate surface area is 142 Å². The number of aryl methyl sites for hydroxylation is 1. The third-order valence-corrected chi connectivity index (χ3v) is 4.65. The molecular weight excluding hydrogens is 296 g/mol. The van der Waals surface area contributed by atoms with Crippen LogP contribution in [0, 0.1) is 6.92 Å². The Balaban J connectivity index is 1.86. The summed E-state index contributed by atoms with van der Waals surface area (Å²) in [6.45, 7) is 2.13. The molecule has 0 nitrogen and oxygen atoms in total. The van der Waals surface area contributed by atoms with Crippen LogP contribution in [0.4, 0.5) is 0 Å². The van der Waals surface area contributed by atoms with Gasteiger partial charge in [-0.2, -0.15) is 0 Å². The third kappa shape index (κ3) is 4.87. The monoisotopic (exact) mass is 316 g/mol. The minimum absolute atomic E-state index is 0.953. The maximum Gasteiger partial charge on any atom is 0.0119 e. The van der Waals surface area contributed by atoms with Crippen molar-refractivity contribution < 1.29 is 0 Å². The van der Waals surface area contributed by atoms with E-state index in [4.69, 9.17) is 0 Å². The van der Waals surface area contributed by atoms with Crippen LogP contribution in [0.3, 0.4) is 0 Å². The van der Waals surface area contributed by atoms with Crippen molar-refractivity contribution in [2.45, 2.75) is 18.2 Å². The van der Waals surface area contributed by atoms with Crippen molar-refractivity contribution in [1.82, 2.24) is 0 Å². The van der Waals surface area contributed by atoms with E-state index in [1.807, 2.05) is 11.8 Å². The first-order chi connectivity index (χ1) is 11.3. The zero-order chi connectivity index (χ0) is 15.9. The van der Waals surface area contributed by atoms with Crippen LogP contribution >= 0.6 is 11.8 Å². The number of rotatable bonds is 5. The Hall–Kier alpha value is -2.25. The van der Waals surface area contributed by atoms with E-state index in [2.05, 4.69) is 97.9 Å². The van der Waals surface area contributed by atoms with Gasteiger partial charge < -0.3 is 0 Å². The molecule has 3 aromatic rings. The van der Waals surface area contributed by atoms with Crippen molar-refractivity contribution in [3.8, 4) is 0 Å². The summed E-state index contributed by atoms with van der Waals surface area (Å²) in [5.74, 6) is 0. The Morgan fingerprint density at radius 1 is 0.783 bits per heavy atom. The van der Waals surface area contributed by atoms with E-state index in [1.54, 1.807) is 0 Å². The second-order valence-corrected chi connectivity index (χ2v) is 6.80. The van der Waals surface area contributed by atoms with E-state index < -0.39 is 0 Å². The van der Waals surface area contributed by atoms with Gasteiger partial charge >= 0.3 is 0 Å². The first-order valence-electron chi connectivity index (χ1n) is 7.84. The zero-order valence-electron chi connectivity index (χ0n) is 13.3. The van der Waals surface area contributed by atoms with Crippen LogP contribution in [0.15, 0.2) is 94.7 Å². The van der Waals surface area contributed by atoms with Gasteiger partial charge in [-0.3, -0.25) is 0 Å². The summed E-state index contributed by atoms with van der Waals surface area (Å²) in [7, 11) is 0. The minimum atomic E-state index is 0.953. The summed E-state index contributed by atoms with van der Waals surface area (Å²) in [4.78, 5) is 2.63. The molecule has 0 aliphatic heterocycles. The summed E-state index contributed by atoms with van der Waals surface area (Å²) in [5, 5.41) is 0. The molecule has 0 heterocycles. The molecule has 0 aliphatic carbocycles. The van der Waals surface area contributed by atoms with Gasteiger partial charge in [0.2, 0.25) is 0 Å². The van der Waals surface area contributed by atoms with Gasteiger partial charge in [0, 0.05) is 11.3 Å². The second kappa shape index (κ2) is 7.85. The van der Waals surface area contributed by atoms with Gasteiger partial charge in [-0.15, -0.1) is 0 Å². The van der Waals surface area contributed by atoms with Gasteiger partial charge in [0.1, 0.15) is 0 Å². The van der Waals surface area contributed by atoms with Crippen molar-refractivity contribution in [2.24, 2.45) is 0 Å². The van der Waals surface area contributed by atoms with E-state index >= 15 is 0 Å². The molecule has 0 aromatic heterocycles. The first kappa shape index (κ1) is 15.6. The number of thioether (sulfide) groups is 1. The van der Waals surface area contributed by atoms with Crippen LogP contribution in [0.25, 0.3) is 6.08 Å². The molecule has 0 amide bonds. The van der Waals surface area contributed by atoms with Gasteiger partial charge in [-0.25, -0.2) is 0 Å². The normalized spacial score (nSPS) is 11.4. The predicted octanol–water partition coefficient (Wildman–Crippen LogP) is 6.37. The molecule has 23 heavy (non-hydrogen) atoms. The largest absolute Gasteiger partial charge is 0.0942 e. The second-order valence-electron chi connectivity index (χ2n) is 5.60. The maximum absolute atomic E-state index is 2.29. The summed E-state index contributed by atoms with van der Waals surface area (Å²) in [5.41, 5.74) is 3.90. The fourth-order valence-corrected chi connectivity index (χ4v) is 3.43. The molecule has 0 N–H and O–H groups in total. The third-order valence-electron chi connectivity index (χ3n) is 3.62. The van der Waals surface area contributed by atoms with Gasteiger partial charge in [-0.1, -0.05) is 90.1 Å². The summed E-state index contributed by atoms with van der Waals surface area (Å²) < 4.78 is 0. The molecule has 114 valence electrons. The Morgan fingerprint density at radius 2 is 1.39 bits per heavy atom. The quantitative estimate of drug-likeness (QED) is 0.493. The predicted molar refractivity (Wildman–Crippen MR) is 102 cm³/mol. The van der Waals surface area contributed by atoms with Crippen molar-refractivity contribution in [1.29, 1.82) is 0 Å². The van der Waals surface area contributed by atoms with Crippen molar-refractivity contribution in [3.05, 3.63) is 107 Å². The van der Waals surface area contributed by atoms with Crippen LogP contribution in [0.2, 0.25) is 0 Å². The highest BCUT2D eigenvalue weighted by molar-refractivity contribution is 8.03. The fraction of sp³-hybridized carbons (Fsp3) is 0.0909. The SMILES string of the molecule is Cc1ccc(CC(=Cc2ccccc2)Sc2ccccc2)cc1. The lowest BCUT2D eigenvalue weighted by atomic mass is 10.1. The van der Waals surface area contributed by atoms with E-state index in [1.165, 1.54) is 26.5 Å². The minimum Gasteiger partial charge on any atom is -0.0942 e. The van der Waals surface area contributed by atoms with Gasteiger partial charge in [0.25, 0.3) is 0 Å². The van der Waals surface area contributed by atoms with Crippen LogP contribution in [0.5, 0.6) is 0 Å². The van der Waals surface area contributed by atoms with E-state index in [0.717, 1.165) is 6.42 Å². The standard InChI is InChI=1S/C22H20S/c1-18-12-14-20(15-13-18)17-22(16-19-8-4-2-5-9-19)23-21-10-6-3-7-11-21/h2-16H,17H2,1H3. The average molecular weight is 316 g/mol. The molecule has 0 aliphatic rings. The summed E-state index contributed by atoms with van der Waals surface area (Å²) in [6, 6.07) is 29.9. The molecule has 0 bridgehead atoms. The Kier molecular flexibility index (Phi) is 5.33. The van der Waals surface area contributed by atoms with E-state index in [9.17, 15) is 0 Å². The van der Waals surface area contributed by atoms with Crippen LogP contribution < -0.4 is 0 Å². The highest BCUT2D eigenvalue weighted by Crippen LogP contribution is 2.30. The molecule has 0 saturated carbocycles. The summed E-state index contributed by atoms with van der Waals surface area (Å²) in [6.07, 6.45) is 3.24. The van der Waals surface area contributed by atoms with Crippen LogP contribution in [0.1, 0.15) is 16.7 Å². The molecule has 0 atom stereocenters. The highest BCUT2D eigenvalue weighted by Gasteiger charge is 2.04. The van der Waals surface area contributed by atoms with Crippen LogP contribution in [-0.2, 0) is 6.42 Å². The molecule has 1 heteroatoms. The lowest BCUT2D eigenvalue weighted by molar-refractivity contribution is 1.24. The maximum atomic E-state index is 2.29. The molecule has 0 radical (unpaired) electrons. The highest BCUT2D eigenvalue weighted by atomic mass is 32.2. The topological polar surface area (TPSA) is 0 Å². The van der Waals surface area contributed by atoms with Gasteiger partial charge in [-0.05, 0) is 41.2 Å². The van der Waals surface area contributed by atoms with Crippen molar-refractivity contribution in [3.63, 3.8) is 0 Å². The molecule has 0 spiro atoms. The smallest absolute Gasteiger partial charge is 0.0119 e. The van der Waals surface area contributed by atoms with E-state index in [-0.39, 0.29) is 0 Å². The lowest BCUT2D eigenvalue weighted by Crippen LogP contribution is -1.88. The summed E-state index contributed by atoms with van der Waals surface area (Å²) >= 11 is 1.84. The van der Waals surface area contributed by atoms with E-state index in [0.29, 0.717) is 0 Å². The van der Waals surface area contributed by atoms with Crippen molar-refractivity contribution >= 4 is 17.8 Å². The molecule has 3 aromatic carbocycles. The Bertz CT molecular complexity index is 756.